The SMILES string of the molecule is Cc1cc(C=Nc2ccc(Sc3ccc([N+](=O)[O-])cc3)cc2)c(C)n1C1CCCCC1. The Morgan fingerprint density at radius 2 is 1.61 bits per heavy atom. The highest BCUT2D eigenvalue weighted by Gasteiger charge is 2.19. The van der Waals surface area contributed by atoms with Crippen molar-refractivity contribution >= 4 is 29.4 Å². The molecule has 2 aromatic carbocycles. The number of non-ortho nitro benzene ring substituents is 1. The molecule has 1 aliphatic carbocycles. The molecule has 160 valence electrons. The third-order valence-electron chi connectivity index (χ3n) is 5.94. The van der Waals surface area contributed by atoms with E-state index in [0.29, 0.717) is 6.04 Å². The van der Waals surface area contributed by atoms with Crippen LogP contribution in [0.5, 0.6) is 0 Å². The normalized spacial score (nSPS) is 14.9. The highest BCUT2D eigenvalue weighted by atomic mass is 32.2. The fraction of sp³-hybridized carbons (Fsp3) is 0.320. The average Bonchev–Trinajstić information content (AvgIpc) is 3.07. The Balaban J connectivity index is 1.43. The van der Waals surface area contributed by atoms with E-state index >= 15 is 0 Å². The van der Waals surface area contributed by atoms with Gasteiger partial charge in [0.25, 0.3) is 5.69 Å². The van der Waals surface area contributed by atoms with Crippen molar-refractivity contribution in [3.05, 3.63) is 81.7 Å². The molecule has 0 saturated heterocycles. The van der Waals surface area contributed by atoms with Crippen LogP contribution < -0.4 is 0 Å². The maximum atomic E-state index is 10.8. The molecule has 1 aliphatic rings. The van der Waals surface area contributed by atoms with Crippen LogP contribution in [0.1, 0.15) is 55.1 Å². The monoisotopic (exact) mass is 433 g/mol. The van der Waals surface area contributed by atoms with Crippen LogP contribution in [0.25, 0.3) is 0 Å². The van der Waals surface area contributed by atoms with Crippen molar-refractivity contribution in [1.82, 2.24) is 4.57 Å². The lowest BCUT2D eigenvalue weighted by molar-refractivity contribution is -0.384. The smallest absolute Gasteiger partial charge is 0.269 e. The van der Waals surface area contributed by atoms with Crippen LogP contribution in [0.3, 0.4) is 0 Å². The van der Waals surface area contributed by atoms with Gasteiger partial charge in [0.05, 0.1) is 10.6 Å². The zero-order valence-corrected chi connectivity index (χ0v) is 18.8. The highest BCUT2D eigenvalue weighted by molar-refractivity contribution is 7.99. The summed E-state index contributed by atoms with van der Waals surface area (Å²) in [5.41, 5.74) is 4.83. The number of nitro groups is 1. The Hall–Kier alpha value is -2.86. The van der Waals surface area contributed by atoms with Gasteiger partial charge in [0.15, 0.2) is 0 Å². The van der Waals surface area contributed by atoms with Crippen molar-refractivity contribution < 1.29 is 4.92 Å². The van der Waals surface area contributed by atoms with Crippen molar-refractivity contribution in [3.8, 4) is 0 Å². The number of aryl methyl sites for hydroxylation is 1. The Bertz CT molecular complexity index is 1080. The van der Waals surface area contributed by atoms with Crippen LogP contribution in [0.4, 0.5) is 11.4 Å². The van der Waals surface area contributed by atoms with Crippen LogP contribution >= 0.6 is 11.8 Å². The van der Waals surface area contributed by atoms with E-state index in [1.165, 1.54) is 61.2 Å². The number of aromatic nitrogens is 1. The fourth-order valence-corrected chi connectivity index (χ4v) is 5.17. The van der Waals surface area contributed by atoms with E-state index in [0.717, 1.165) is 15.5 Å². The summed E-state index contributed by atoms with van der Waals surface area (Å²) in [7, 11) is 0. The van der Waals surface area contributed by atoms with E-state index in [9.17, 15) is 10.1 Å². The van der Waals surface area contributed by atoms with Crippen LogP contribution in [0, 0.1) is 24.0 Å². The third-order valence-corrected chi connectivity index (χ3v) is 6.95. The number of hydrogen-bond acceptors (Lipinski definition) is 4. The molecule has 1 heterocycles. The molecule has 0 bridgehead atoms. The maximum Gasteiger partial charge on any atom is 0.269 e. The molecule has 0 radical (unpaired) electrons. The molecule has 3 aromatic rings. The number of rotatable bonds is 6. The topological polar surface area (TPSA) is 60.4 Å². The molecule has 31 heavy (non-hydrogen) atoms. The number of nitrogens with zero attached hydrogens (tertiary/aromatic N) is 3. The Kier molecular flexibility index (Phi) is 6.56. The van der Waals surface area contributed by atoms with Crippen LogP contribution in [-0.4, -0.2) is 15.7 Å². The zero-order chi connectivity index (χ0) is 21.8. The van der Waals surface area contributed by atoms with E-state index in [-0.39, 0.29) is 10.6 Å². The molecule has 0 amide bonds. The van der Waals surface area contributed by atoms with Gasteiger partial charge in [0.2, 0.25) is 0 Å². The predicted octanol–water partition coefficient (Wildman–Crippen LogP) is 7.42. The van der Waals surface area contributed by atoms with Gasteiger partial charge in [-0.2, -0.15) is 0 Å². The minimum Gasteiger partial charge on any atom is -0.345 e. The summed E-state index contributed by atoms with van der Waals surface area (Å²) in [6, 6.07) is 17.6. The number of nitro benzene ring substituents is 1. The summed E-state index contributed by atoms with van der Waals surface area (Å²) >= 11 is 1.58. The van der Waals surface area contributed by atoms with Crippen molar-refractivity contribution in [2.75, 3.05) is 0 Å². The lowest BCUT2D eigenvalue weighted by Gasteiger charge is -2.26. The summed E-state index contributed by atoms with van der Waals surface area (Å²) < 4.78 is 2.50. The minimum absolute atomic E-state index is 0.108. The molecule has 1 fully saturated rings. The van der Waals surface area contributed by atoms with Gasteiger partial charge in [-0.15, -0.1) is 0 Å². The van der Waals surface area contributed by atoms with Crippen molar-refractivity contribution in [1.29, 1.82) is 0 Å². The summed E-state index contributed by atoms with van der Waals surface area (Å²) in [6.07, 6.45) is 8.55. The van der Waals surface area contributed by atoms with Gasteiger partial charge in [-0.25, -0.2) is 0 Å². The first kappa shape index (κ1) is 21.4. The molecule has 1 aromatic heterocycles. The highest BCUT2D eigenvalue weighted by Crippen LogP contribution is 2.32. The Labute approximate surface area is 187 Å². The Morgan fingerprint density at radius 3 is 2.23 bits per heavy atom. The summed E-state index contributed by atoms with van der Waals surface area (Å²) in [5.74, 6) is 0. The van der Waals surface area contributed by atoms with Gasteiger partial charge in [0.1, 0.15) is 0 Å². The first-order chi connectivity index (χ1) is 15.0. The van der Waals surface area contributed by atoms with E-state index < -0.39 is 0 Å². The molecule has 4 rings (SSSR count). The molecule has 0 aliphatic heterocycles. The molecule has 6 heteroatoms. The lowest BCUT2D eigenvalue weighted by Crippen LogP contribution is -2.15. The molecule has 1 saturated carbocycles. The first-order valence-electron chi connectivity index (χ1n) is 10.8. The summed E-state index contributed by atoms with van der Waals surface area (Å²) in [4.78, 5) is 17.1. The number of benzene rings is 2. The first-order valence-corrected chi connectivity index (χ1v) is 11.6. The lowest BCUT2D eigenvalue weighted by atomic mass is 9.95. The number of hydrogen-bond donors (Lipinski definition) is 0. The van der Waals surface area contributed by atoms with Crippen LogP contribution in [-0.2, 0) is 0 Å². The largest absolute Gasteiger partial charge is 0.345 e. The van der Waals surface area contributed by atoms with Crippen LogP contribution in [0.2, 0.25) is 0 Å². The second-order valence-electron chi connectivity index (χ2n) is 8.09. The van der Waals surface area contributed by atoms with Crippen LogP contribution in [0.15, 0.2) is 69.4 Å². The third kappa shape index (κ3) is 5.07. The van der Waals surface area contributed by atoms with E-state index in [4.69, 9.17) is 4.99 Å². The van der Waals surface area contributed by atoms with Gasteiger partial charge in [-0.3, -0.25) is 15.1 Å². The summed E-state index contributed by atoms with van der Waals surface area (Å²) in [6.45, 7) is 4.40. The second-order valence-corrected chi connectivity index (χ2v) is 9.24. The van der Waals surface area contributed by atoms with Gasteiger partial charge in [-0.05, 0) is 69.2 Å². The van der Waals surface area contributed by atoms with Crippen molar-refractivity contribution in [3.63, 3.8) is 0 Å². The van der Waals surface area contributed by atoms with Gasteiger partial charge in [-0.1, -0.05) is 31.0 Å². The predicted molar refractivity (Wildman–Crippen MR) is 127 cm³/mol. The minimum atomic E-state index is -0.381. The van der Waals surface area contributed by atoms with Gasteiger partial charge < -0.3 is 4.57 Å². The van der Waals surface area contributed by atoms with E-state index in [2.05, 4.69) is 24.5 Å². The van der Waals surface area contributed by atoms with E-state index in [1.54, 1.807) is 23.9 Å². The Morgan fingerprint density at radius 1 is 1.00 bits per heavy atom. The van der Waals surface area contributed by atoms with Crippen molar-refractivity contribution in [2.24, 2.45) is 4.99 Å². The second kappa shape index (κ2) is 9.52. The van der Waals surface area contributed by atoms with E-state index in [1.807, 2.05) is 30.5 Å². The maximum absolute atomic E-state index is 10.8. The quantitative estimate of drug-likeness (QED) is 0.231. The molecule has 0 spiro atoms. The molecule has 0 atom stereocenters. The summed E-state index contributed by atoms with van der Waals surface area (Å²) in [5, 5.41) is 10.8. The fourth-order valence-electron chi connectivity index (χ4n) is 4.35. The molecular formula is C25H27N3O2S. The van der Waals surface area contributed by atoms with Gasteiger partial charge in [0, 0.05) is 51.1 Å². The zero-order valence-electron chi connectivity index (χ0n) is 18.0. The molecule has 5 nitrogen and oxygen atoms in total. The molecule has 0 unspecified atom stereocenters. The van der Waals surface area contributed by atoms with Gasteiger partial charge >= 0.3 is 0 Å². The average molecular weight is 434 g/mol. The standard InChI is InChI=1S/C25H27N3O2S/c1-18-16-20(19(2)27(18)22-6-4-3-5-7-22)17-26-21-8-12-24(13-9-21)31-25-14-10-23(11-15-25)28(29)30/h8-17,22H,3-7H2,1-2H3. The molecule has 0 N–H and O–H groups in total. The number of aliphatic imine (C=N–C) groups is 1. The molecular weight excluding hydrogens is 406 g/mol. The van der Waals surface area contributed by atoms with Crippen molar-refractivity contribution in [2.45, 2.75) is 61.8 Å².